The van der Waals surface area contributed by atoms with E-state index in [1.165, 1.54) is 25.0 Å². The van der Waals surface area contributed by atoms with E-state index in [0.29, 0.717) is 22.8 Å². The monoisotopic (exact) mass is 425 g/mol. The number of carbonyl (C=O) groups is 1. The Kier molecular flexibility index (Phi) is 6.21. The van der Waals surface area contributed by atoms with Crippen molar-refractivity contribution in [2.75, 3.05) is 26.2 Å². The van der Waals surface area contributed by atoms with Crippen LogP contribution in [0.1, 0.15) is 28.9 Å². The molecule has 30 heavy (non-hydrogen) atoms. The molecule has 0 unspecified atom stereocenters. The lowest BCUT2D eigenvalue weighted by molar-refractivity contribution is 0.0949. The first-order valence-corrected chi connectivity index (χ1v) is 10.7. The number of hydrogen-bond acceptors (Lipinski definition) is 2. The Hall–Kier alpha value is -2.63. The van der Waals surface area contributed by atoms with Gasteiger partial charge in [0.05, 0.1) is 11.3 Å². The van der Waals surface area contributed by atoms with Crippen LogP contribution >= 0.6 is 11.6 Å². The molecule has 0 aliphatic carbocycles. The van der Waals surface area contributed by atoms with E-state index in [2.05, 4.69) is 10.2 Å². The zero-order valence-corrected chi connectivity index (χ0v) is 17.8. The average molecular weight is 426 g/mol. The lowest BCUT2D eigenvalue weighted by atomic mass is 10.1. The maximum absolute atomic E-state index is 13.9. The van der Waals surface area contributed by atoms with Crippen LogP contribution in [0.3, 0.4) is 0 Å². The number of hydrogen-bond donors (Lipinski definition) is 1. The lowest BCUT2D eigenvalue weighted by Gasteiger charge is -2.15. The highest BCUT2D eigenvalue weighted by molar-refractivity contribution is 6.30. The molecule has 0 spiro atoms. The molecule has 1 aliphatic heterocycles. The summed E-state index contributed by atoms with van der Waals surface area (Å²) in [5, 5.41) is 3.68. The zero-order chi connectivity index (χ0) is 21.1. The van der Waals surface area contributed by atoms with Gasteiger partial charge in [-0.05, 0) is 74.8 Å². The van der Waals surface area contributed by atoms with Crippen molar-refractivity contribution in [3.63, 3.8) is 0 Å². The normalized spacial score (nSPS) is 14.2. The summed E-state index contributed by atoms with van der Waals surface area (Å²) in [4.78, 5) is 15.3. The highest BCUT2D eigenvalue weighted by Gasteiger charge is 2.20. The van der Waals surface area contributed by atoms with Crippen LogP contribution in [0.4, 0.5) is 4.39 Å². The van der Waals surface area contributed by atoms with E-state index < -0.39 is 0 Å². The number of halogens is 2. The van der Waals surface area contributed by atoms with Crippen LogP contribution in [0, 0.1) is 12.7 Å². The van der Waals surface area contributed by atoms with Crippen molar-refractivity contribution in [2.45, 2.75) is 19.8 Å². The van der Waals surface area contributed by atoms with Crippen molar-refractivity contribution in [2.24, 2.45) is 0 Å². The minimum atomic E-state index is -0.320. The molecular weight excluding hydrogens is 401 g/mol. The third kappa shape index (κ3) is 4.42. The third-order valence-electron chi connectivity index (χ3n) is 5.61. The van der Waals surface area contributed by atoms with Gasteiger partial charge in [0.15, 0.2) is 0 Å². The van der Waals surface area contributed by atoms with Gasteiger partial charge < -0.3 is 14.8 Å². The Labute approximate surface area is 181 Å². The molecule has 2 heterocycles. The Morgan fingerprint density at radius 3 is 2.53 bits per heavy atom. The third-order valence-corrected chi connectivity index (χ3v) is 5.86. The average Bonchev–Trinajstić information content (AvgIpc) is 3.36. The van der Waals surface area contributed by atoms with Crippen LogP contribution in [-0.2, 0) is 0 Å². The highest BCUT2D eigenvalue weighted by Crippen LogP contribution is 2.30. The van der Waals surface area contributed by atoms with Gasteiger partial charge in [0, 0.05) is 29.5 Å². The minimum absolute atomic E-state index is 0.114. The molecule has 0 bridgehead atoms. The molecule has 1 amide bonds. The molecule has 1 aliphatic rings. The van der Waals surface area contributed by atoms with Gasteiger partial charge >= 0.3 is 0 Å². The second kappa shape index (κ2) is 9.02. The molecule has 0 atom stereocenters. The Bertz CT molecular complexity index is 1040. The summed E-state index contributed by atoms with van der Waals surface area (Å²) in [5.74, 6) is -0.434. The Balaban J connectivity index is 1.66. The first-order chi connectivity index (χ1) is 14.5. The number of nitrogens with zero attached hydrogens (tertiary/aromatic N) is 2. The second-order valence-corrected chi connectivity index (χ2v) is 8.09. The highest BCUT2D eigenvalue weighted by atomic mass is 35.5. The maximum atomic E-state index is 13.9. The fourth-order valence-electron chi connectivity index (χ4n) is 4.05. The van der Waals surface area contributed by atoms with Crippen molar-refractivity contribution in [3.05, 3.63) is 76.7 Å². The van der Waals surface area contributed by atoms with Crippen LogP contribution < -0.4 is 5.32 Å². The number of amides is 1. The Morgan fingerprint density at radius 2 is 1.83 bits per heavy atom. The van der Waals surface area contributed by atoms with Gasteiger partial charge in [-0.3, -0.25) is 4.79 Å². The van der Waals surface area contributed by atoms with Crippen LogP contribution in [0.25, 0.3) is 16.9 Å². The van der Waals surface area contributed by atoms with E-state index in [4.69, 9.17) is 11.6 Å². The summed E-state index contributed by atoms with van der Waals surface area (Å²) < 4.78 is 15.9. The molecule has 156 valence electrons. The molecule has 0 radical (unpaired) electrons. The first-order valence-electron chi connectivity index (χ1n) is 10.3. The van der Waals surface area contributed by atoms with Gasteiger partial charge in [-0.25, -0.2) is 4.39 Å². The van der Waals surface area contributed by atoms with E-state index in [1.807, 2.05) is 47.9 Å². The molecule has 1 fully saturated rings. The molecule has 4 rings (SSSR count). The van der Waals surface area contributed by atoms with Crippen molar-refractivity contribution in [1.82, 2.24) is 14.8 Å². The van der Waals surface area contributed by atoms with E-state index >= 15 is 0 Å². The van der Waals surface area contributed by atoms with Crippen LogP contribution in [0.5, 0.6) is 0 Å². The standard InChI is InChI=1S/C24H25ClFN3O/c1-17-22(24(30)27-11-14-28-12-2-3-13-28)16-23(18-7-9-19(25)10-8-18)29(17)21-6-4-5-20(26)15-21/h4-10,15-16H,2-3,11-14H2,1H3,(H,27,30). The SMILES string of the molecule is Cc1c(C(=O)NCCN2CCCC2)cc(-c2ccc(Cl)cc2)n1-c1cccc(F)c1. The van der Waals surface area contributed by atoms with Crippen LogP contribution in [-0.4, -0.2) is 41.6 Å². The quantitative estimate of drug-likeness (QED) is 0.598. The molecule has 1 saturated heterocycles. The molecule has 3 aromatic rings. The fraction of sp³-hybridized carbons (Fsp3) is 0.292. The number of aromatic nitrogens is 1. The van der Waals surface area contributed by atoms with Gasteiger partial charge in [0.1, 0.15) is 5.82 Å². The van der Waals surface area contributed by atoms with Crippen molar-refractivity contribution >= 4 is 17.5 Å². The summed E-state index contributed by atoms with van der Waals surface area (Å²) >= 11 is 6.05. The van der Waals surface area contributed by atoms with Gasteiger partial charge in [-0.15, -0.1) is 0 Å². The van der Waals surface area contributed by atoms with E-state index in [9.17, 15) is 9.18 Å². The molecular formula is C24H25ClFN3O. The number of benzene rings is 2. The molecule has 1 aromatic heterocycles. The molecule has 6 heteroatoms. The first kappa shape index (κ1) is 20.6. The number of rotatable bonds is 6. The fourth-order valence-corrected chi connectivity index (χ4v) is 4.17. The number of carbonyl (C=O) groups excluding carboxylic acids is 1. The van der Waals surface area contributed by atoms with Crippen molar-refractivity contribution < 1.29 is 9.18 Å². The predicted octanol–water partition coefficient (Wildman–Crippen LogP) is 5.07. The van der Waals surface area contributed by atoms with E-state index in [0.717, 1.165) is 36.6 Å². The van der Waals surface area contributed by atoms with Gasteiger partial charge in [-0.1, -0.05) is 29.8 Å². The molecule has 0 saturated carbocycles. The number of nitrogens with one attached hydrogen (secondary N) is 1. The second-order valence-electron chi connectivity index (χ2n) is 7.66. The Morgan fingerprint density at radius 1 is 1.10 bits per heavy atom. The summed E-state index contributed by atoms with van der Waals surface area (Å²) in [7, 11) is 0. The maximum Gasteiger partial charge on any atom is 0.253 e. The summed E-state index contributed by atoms with van der Waals surface area (Å²) in [6, 6.07) is 15.7. The smallest absolute Gasteiger partial charge is 0.253 e. The van der Waals surface area contributed by atoms with E-state index in [1.54, 1.807) is 6.07 Å². The molecule has 4 nitrogen and oxygen atoms in total. The topological polar surface area (TPSA) is 37.3 Å². The van der Waals surface area contributed by atoms with Gasteiger partial charge in [-0.2, -0.15) is 0 Å². The molecule has 1 N–H and O–H groups in total. The van der Waals surface area contributed by atoms with Gasteiger partial charge in [0.25, 0.3) is 5.91 Å². The van der Waals surface area contributed by atoms with Crippen molar-refractivity contribution in [3.8, 4) is 16.9 Å². The van der Waals surface area contributed by atoms with Crippen LogP contribution in [0.15, 0.2) is 54.6 Å². The van der Waals surface area contributed by atoms with E-state index in [-0.39, 0.29) is 11.7 Å². The predicted molar refractivity (Wildman–Crippen MR) is 119 cm³/mol. The van der Waals surface area contributed by atoms with Crippen LogP contribution in [0.2, 0.25) is 5.02 Å². The largest absolute Gasteiger partial charge is 0.351 e. The summed E-state index contributed by atoms with van der Waals surface area (Å²) in [6.07, 6.45) is 2.46. The van der Waals surface area contributed by atoms with Gasteiger partial charge in [0.2, 0.25) is 0 Å². The zero-order valence-electron chi connectivity index (χ0n) is 17.0. The molecule has 2 aromatic carbocycles. The minimum Gasteiger partial charge on any atom is -0.351 e. The number of likely N-dealkylation sites (tertiary alicyclic amines) is 1. The summed E-state index contributed by atoms with van der Waals surface area (Å²) in [5.41, 5.74) is 3.76. The van der Waals surface area contributed by atoms with Crippen molar-refractivity contribution in [1.29, 1.82) is 0 Å². The summed E-state index contributed by atoms with van der Waals surface area (Å²) in [6.45, 7) is 5.57. The lowest BCUT2D eigenvalue weighted by Crippen LogP contribution is -2.33.